The standard InChI is InChI=1S/C10H12ClNO2S/c1-12(2)10(13)15-9-5-4-7(14-3)6-8(9)11/h4-6H,1-3H3. The van der Waals surface area contributed by atoms with Crippen molar-refractivity contribution >= 4 is 28.6 Å². The molecule has 0 heterocycles. The van der Waals surface area contributed by atoms with Crippen molar-refractivity contribution < 1.29 is 9.53 Å². The summed E-state index contributed by atoms with van der Waals surface area (Å²) in [5, 5.41) is 0.469. The van der Waals surface area contributed by atoms with Gasteiger partial charge in [0.2, 0.25) is 0 Å². The molecule has 3 nitrogen and oxygen atoms in total. The molecule has 5 heteroatoms. The number of thioether (sulfide) groups is 1. The molecule has 0 aliphatic rings. The second-order valence-corrected chi connectivity index (χ2v) is 4.46. The summed E-state index contributed by atoms with van der Waals surface area (Å²) in [7, 11) is 4.98. The van der Waals surface area contributed by atoms with Crippen LogP contribution in [0.1, 0.15) is 0 Å². The summed E-state index contributed by atoms with van der Waals surface area (Å²) in [6.07, 6.45) is 0. The van der Waals surface area contributed by atoms with Crippen molar-refractivity contribution in [1.82, 2.24) is 4.90 Å². The number of ether oxygens (including phenoxy) is 1. The molecule has 0 fully saturated rings. The van der Waals surface area contributed by atoms with Crippen LogP contribution in [-0.4, -0.2) is 31.3 Å². The third-order valence-electron chi connectivity index (χ3n) is 1.70. The van der Waals surface area contributed by atoms with Crippen LogP contribution in [0.3, 0.4) is 0 Å². The van der Waals surface area contributed by atoms with Gasteiger partial charge in [0, 0.05) is 19.0 Å². The van der Waals surface area contributed by atoms with E-state index in [1.54, 1.807) is 39.4 Å². The van der Waals surface area contributed by atoms with Gasteiger partial charge in [0.05, 0.1) is 12.1 Å². The third-order valence-corrected chi connectivity index (χ3v) is 3.24. The van der Waals surface area contributed by atoms with Gasteiger partial charge >= 0.3 is 0 Å². The topological polar surface area (TPSA) is 29.5 Å². The van der Waals surface area contributed by atoms with Gasteiger partial charge in [-0.15, -0.1) is 0 Å². The molecule has 0 atom stereocenters. The summed E-state index contributed by atoms with van der Waals surface area (Å²) < 4.78 is 5.01. The molecule has 0 bridgehead atoms. The van der Waals surface area contributed by atoms with Gasteiger partial charge in [0.1, 0.15) is 5.75 Å². The smallest absolute Gasteiger partial charge is 0.285 e. The van der Waals surface area contributed by atoms with Gasteiger partial charge in [0.25, 0.3) is 5.24 Å². The van der Waals surface area contributed by atoms with E-state index in [4.69, 9.17) is 16.3 Å². The van der Waals surface area contributed by atoms with Crippen LogP contribution in [0.25, 0.3) is 0 Å². The average Bonchev–Trinajstić information content (AvgIpc) is 2.20. The van der Waals surface area contributed by atoms with E-state index in [2.05, 4.69) is 0 Å². The Morgan fingerprint density at radius 3 is 2.60 bits per heavy atom. The summed E-state index contributed by atoms with van der Waals surface area (Å²) in [5.74, 6) is 0.682. The van der Waals surface area contributed by atoms with Crippen molar-refractivity contribution in [3.8, 4) is 5.75 Å². The molecule has 1 aromatic rings. The maximum absolute atomic E-state index is 11.4. The zero-order valence-corrected chi connectivity index (χ0v) is 10.4. The van der Waals surface area contributed by atoms with Crippen LogP contribution in [0.4, 0.5) is 4.79 Å². The highest BCUT2D eigenvalue weighted by molar-refractivity contribution is 8.13. The molecule has 0 N–H and O–H groups in total. The third kappa shape index (κ3) is 3.32. The maximum Gasteiger partial charge on any atom is 0.285 e. The van der Waals surface area contributed by atoms with Crippen LogP contribution < -0.4 is 4.74 Å². The summed E-state index contributed by atoms with van der Waals surface area (Å²) in [4.78, 5) is 13.7. The van der Waals surface area contributed by atoms with Gasteiger partial charge in [-0.05, 0) is 30.0 Å². The number of hydrogen-bond acceptors (Lipinski definition) is 3. The fraction of sp³-hybridized carbons (Fsp3) is 0.300. The molecule has 0 aliphatic heterocycles. The lowest BCUT2D eigenvalue weighted by Crippen LogP contribution is -2.16. The summed E-state index contributed by atoms with van der Waals surface area (Å²) in [6.45, 7) is 0. The fourth-order valence-corrected chi connectivity index (χ4v) is 1.83. The van der Waals surface area contributed by atoms with E-state index in [0.29, 0.717) is 10.8 Å². The first kappa shape index (κ1) is 12.2. The zero-order chi connectivity index (χ0) is 11.4. The number of carbonyl (C=O) groups excluding carboxylic acids is 1. The molecule has 0 spiro atoms. The minimum absolute atomic E-state index is 0.0536. The average molecular weight is 246 g/mol. The number of amides is 1. The largest absolute Gasteiger partial charge is 0.497 e. The van der Waals surface area contributed by atoms with Crippen molar-refractivity contribution in [1.29, 1.82) is 0 Å². The minimum atomic E-state index is -0.0536. The van der Waals surface area contributed by atoms with E-state index in [-0.39, 0.29) is 5.24 Å². The zero-order valence-electron chi connectivity index (χ0n) is 8.78. The lowest BCUT2D eigenvalue weighted by atomic mass is 10.3. The predicted molar refractivity (Wildman–Crippen MR) is 62.9 cm³/mol. The second kappa shape index (κ2) is 5.28. The highest BCUT2D eigenvalue weighted by Crippen LogP contribution is 2.31. The van der Waals surface area contributed by atoms with Crippen LogP contribution in [0.2, 0.25) is 5.02 Å². The molecule has 15 heavy (non-hydrogen) atoms. The number of nitrogens with zero attached hydrogens (tertiary/aromatic N) is 1. The summed E-state index contributed by atoms with van der Waals surface area (Å²) >= 11 is 7.08. The molecule has 0 unspecified atom stereocenters. The van der Waals surface area contributed by atoms with Crippen molar-refractivity contribution in [2.75, 3.05) is 21.2 Å². The van der Waals surface area contributed by atoms with E-state index < -0.39 is 0 Å². The maximum atomic E-state index is 11.4. The predicted octanol–water partition coefficient (Wildman–Crippen LogP) is 3.12. The van der Waals surface area contributed by atoms with E-state index in [1.807, 2.05) is 0 Å². The van der Waals surface area contributed by atoms with E-state index in [0.717, 1.165) is 16.7 Å². The molecule has 0 saturated heterocycles. The van der Waals surface area contributed by atoms with Gasteiger partial charge < -0.3 is 9.64 Å². The summed E-state index contributed by atoms with van der Waals surface area (Å²) in [6, 6.07) is 5.23. The first-order valence-electron chi connectivity index (χ1n) is 4.27. The SMILES string of the molecule is COc1ccc(SC(=O)N(C)C)c(Cl)c1. The number of halogens is 1. The van der Waals surface area contributed by atoms with Crippen molar-refractivity contribution in [3.63, 3.8) is 0 Å². The van der Waals surface area contributed by atoms with Crippen LogP contribution >= 0.6 is 23.4 Å². The molecular formula is C10H12ClNO2S. The number of hydrogen-bond donors (Lipinski definition) is 0. The molecular weight excluding hydrogens is 234 g/mol. The number of carbonyl (C=O) groups is 1. The molecule has 0 radical (unpaired) electrons. The van der Waals surface area contributed by atoms with E-state index in [1.165, 1.54) is 4.90 Å². The van der Waals surface area contributed by atoms with Gasteiger partial charge in [-0.3, -0.25) is 4.79 Å². The van der Waals surface area contributed by atoms with Crippen LogP contribution in [0, 0.1) is 0 Å². The summed E-state index contributed by atoms with van der Waals surface area (Å²) in [5.41, 5.74) is 0. The fourth-order valence-electron chi connectivity index (χ4n) is 0.877. The lowest BCUT2D eigenvalue weighted by molar-refractivity contribution is 0.241. The number of rotatable bonds is 2. The molecule has 1 rings (SSSR count). The molecule has 1 aromatic carbocycles. The second-order valence-electron chi connectivity index (χ2n) is 3.06. The quantitative estimate of drug-likeness (QED) is 0.750. The van der Waals surface area contributed by atoms with E-state index >= 15 is 0 Å². The molecule has 0 saturated carbocycles. The van der Waals surface area contributed by atoms with Gasteiger partial charge in [0.15, 0.2) is 0 Å². The Hall–Kier alpha value is -0.870. The monoisotopic (exact) mass is 245 g/mol. The Morgan fingerprint density at radius 2 is 2.13 bits per heavy atom. The minimum Gasteiger partial charge on any atom is -0.497 e. The molecule has 0 aromatic heterocycles. The van der Waals surface area contributed by atoms with Crippen molar-refractivity contribution in [2.24, 2.45) is 0 Å². The van der Waals surface area contributed by atoms with Crippen molar-refractivity contribution in [3.05, 3.63) is 23.2 Å². The Kier molecular flexibility index (Phi) is 4.29. The van der Waals surface area contributed by atoms with Crippen LogP contribution in [0.5, 0.6) is 5.75 Å². The van der Waals surface area contributed by atoms with Gasteiger partial charge in [-0.1, -0.05) is 11.6 Å². The normalized spacial score (nSPS) is 9.87. The number of methoxy groups -OCH3 is 1. The Morgan fingerprint density at radius 1 is 1.47 bits per heavy atom. The van der Waals surface area contributed by atoms with E-state index in [9.17, 15) is 4.79 Å². The molecule has 82 valence electrons. The van der Waals surface area contributed by atoms with Gasteiger partial charge in [-0.2, -0.15) is 0 Å². The van der Waals surface area contributed by atoms with Gasteiger partial charge in [-0.25, -0.2) is 0 Å². The molecule has 1 amide bonds. The lowest BCUT2D eigenvalue weighted by Gasteiger charge is -2.10. The van der Waals surface area contributed by atoms with Crippen LogP contribution in [0.15, 0.2) is 23.1 Å². The Labute approximate surface area is 98.4 Å². The van der Waals surface area contributed by atoms with Crippen molar-refractivity contribution in [2.45, 2.75) is 4.90 Å². The highest BCUT2D eigenvalue weighted by atomic mass is 35.5. The Bertz CT molecular complexity index is 368. The first-order valence-corrected chi connectivity index (χ1v) is 5.46. The highest BCUT2D eigenvalue weighted by Gasteiger charge is 2.10. The first-order chi connectivity index (χ1) is 7.04. The molecule has 0 aliphatic carbocycles. The Balaban J connectivity index is 2.83. The number of benzene rings is 1. The van der Waals surface area contributed by atoms with Crippen LogP contribution in [-0.2, 0) is 0 Å².